The number of aliphatic hydroxyl groups is 2. The average Bonchev–Trinajstić information content (AvgIpc) is 1.74. The zero-order valence-electron chi connectivity index (χ0n) is 50.4. The molecule has 0 bridgehead atoms. The lowest BCUT2D eigenvalue weighted by Gasteiger charge is -2.25. The summed E-state index contributed by atoms with van der Waals surface area (Å²) in [7, 11) is 0. The number of carbonyl (C=O) groups is 5. The van der Waals surface area contributed by atoms with Gasteiger partial charge in [-0.3, -0.25) is 14.4 Å². The summed E-state index contributed by atoms with van der Waals surface area (Å²) in [6.45, 7) is 11.3. The van der Waals surface area contributed by atoms with Gasteiger partial charge < -0.3 is 33.9 Å². The molecule has 4 aromatic rings. The van der Waals surface area contributed by atoms with E-state index < -0.39 is 134 Å². The Kier molecular flexibility index (Phi) is 27.5. The van der Waals surface area contributed by atoms with E-state index >= 15 is 0 Å². The number of esters is 5. The van der Waals surface area contributed by atoms with Crippen LogP contribution in [0.3, 0.4) is 0 Å². The maximum absolute atomic E-state index is 13.7. The van der Waals surface area contributed by atoms with Crippen molar-refractivity contribution in [3.63, 3.8) is 0 Å². The predicted molar refractivity (Wildman–Crippen MR) is 312 cm³/mol. The second kappa shape index (κ2) is 33.3. The lowest BCUT2D eigenvalue weighted by Crippen LogP contribution is -2.55. The van der Waals surface area contributed by atoms with Gasteiger partial charge in [-0.15, -0.1) is 0 Å². The Morgan fingerprint density at radius 3 is 1.30 bits per heavy atom. The number of fused-ring (bicyclic) bond motifs is 1. The highest BCUT2D eigenvalue weighted by Gasteiger charge is 2.25. The second-order valence-corrected chi connectivity index (χ2v) is 23.2. The van der Waals surface area contributed by atoms with Gasteiger partial charge in [0, 0.05) is 26.2 Å². The molecule has 2 aromatic carbocycles. The molecule has 2 aromatic heterocycles. The van der Waals surface area contributed by atoms with Gasteiger partial charge in [0.25, 0.3) is 0 Å². The van der Waals surface area contributed by atoms with Gasteiger partial charge in [-0.1, -0.05) is 91.2 Å². The molecule has 0 saturated heterocycles. The Balaban J connectivity index is 1.25. The van der Waals surface area contributed by atoms with E-state index in [1.165, 1.54) is 13.8 Å². The maximum Gasteiger partial charge on any atom is 0.338 e. The van der Waals surface area contributed by atoms with Crippen LogP contribution >= 0.6 is 0 Å². The molecule has 466 valence electrons. The number of unbranched alkanes of at least 4 members (excludes halogenated alkanes) is 8. The minimum absolute atomic E-state index is 0.0372. The molecule has 0 unspecified atom stereocenters. The summed E-state index contributed by atoms with van der Waals surface area (Å²) in [4.78, 5) is 145. The van der Waals surface area contributed by atoms with Gasteiger partial charge in [0.1, 0.15) is 12.2 Å². The van der Waals surface area contributed by atoms with Gasteiger partial charge in [-0.25, -0.2) is 65.8 Å². The van der Waals surface area contributed by atoms with Crippen LogP contribution in [-0.2, 0) is 77.3 Å². The molecular formula is C60H88N6O18. The fourth-order valence-electron chi connectivity index (χ4n) is 9.31. The Bertz CT molecular complexity index is 3240. The molecular weight excluding hydrogens is 1090 g/mol. The van der Waals surface area contributed by atoms with Gasteiger partial charge in [0.15, 0.2) is 0 Å². The number of nitrogens with zero attached hydrogens (tertiary/aromatic N) is 6. The summed E-state index contributed by atoms with van der Waals surface area (Å²) in [6.07, 6.45) is 9.30. The molecule has 2 N–H and O–H groups in total. The Morgan fingerprint density at radius 2 is 0.845 bits per heavy atom. The minimum atomic E-state index is -1.27. The van der Waals surface area contributed by atoms with Crippen LogP contribution in [-0.4, -0.2) is 112 Å². The first kappa shape index (κ1) is 69.3. The number of aliphatic hydroxyl groups excluding tert-OH is 1. The first-order valence-electron chi connectivity index (χ1n) is 29.4. The highest BCUT2D eigenvalue weighted by Crippen LogP contribution is 2.25. The van der Waals surface area contributed by atoms with Crippen molar-refractivity contribution in [1.82, 2.24) is 27.4 Å². The van der Waals surface area contributed by atoms with Crippen molar-refractivity contribution in [3.8, 4) is 0 Å². The van der Waals surface area contributed by atoms with Gasteiger partial charge >= 0.3 is 64.0 Å². The van der Waals surface area contributed by atoms with E-state index in [9.17, 15) is 63.0 Å². The van der Waals surface area contributed by atoms with E-state index in [-0.39, 0.29) is 37.6 Å². The van der Waals surface area contributed by atoms with E-state index in [0.29, 0.717) is 59.8 Å². The number of ether oxygens (including phenoxy) is 5. The Morgan fingerprint density at radius 1 is 0.440 bits per heavy atom. The maximum atomic E-state index is 13.7. The third kappa shape index (κ3) is 22.1. The second-order valence-electron chi connectivity index (χ2n) is 23.2. The lowest BCUT2D eigenvalue weighted by molar-refractivity contribution is -0.157. The van der Waals surface area contributed by atoms with Gasteiger partial charge in [-0.05, 0) is 107 Å². The van der Waals surface area contributed by atoms with Crippen LogP contribution < -0.4 is 34.1 Å². The van der Waals surface area contributed by atoms with E-state index in [1.807, 2.05) is 6.92 Å². The van der Waals surface area contributed by atoms with Crippen molar-refractivity contribution in [2.24, 2.45) is 5.41 Å². The van der Waals surface area contributed by atoms with Crippen LogP contribution in [0.25, 0.3) is 10.8 Å². The number of carbonyl (C=O) groups excluding carboxylic acids is 5. The van der Waals surface area contributed by atoms with Crippen molar-refractivity contribution in [3.05, 3.63) is 110 Å². The van der Waals surface area contributed by atoms with E-state index in [2.05, 4.69) is 20.8 Å². The zero-order valence-corrected chi connectivity index (χ0v) is 50.4. The highest BCUT2D eigenvalue weighted by atomic mass is 16.6. The third-order valence-corrected chi connectivity index (χ3v) is 14.1. The number of hydrogen-bond acceptors (Lipinski definition) is 18. The van der Waals surface area contributed by atoms with E-state index in [0.717, 1.165) is 79.5 Å². The van der Waals surface area contributed by atoms with Crippen molar-refractivity contribution < 1.29 is 57.9 Å². The fraction of sp³-hybridized carbons (Fsp3) is 0.650. The molecule has 0 atom stereocenters. The van der Waals surface area contributed by atoms with Crippen LogP contribution in [0.15, 0.2) is 65.2 Å². The van der Waals surface area contributed by atoms with Crippen LogP contribution in [0.5, 0.6) is 0 Å². The Labute approximate surface area is 488 Å². The van der Waals surface area contributed by atoms with Crippen LogP contribution in [0, 0.1) is 5.41 Å². The summed E-state index contributed by atoms with van der Waals surface area (Å²) in [5, 5.41) is 21.3. The number of aromatic nitrogens is 6. The van der Waals surface area contributed by atoms with Crippen LogP contribution in [0.1, 0.15) is 185 Å². The third-order valence-electron chi connectivity index (χ3n) is 14.1. The smallest absolute Gasteiger partial charge is 0.338 e. The SMILES string of the molecule is CCCCC(C)(C)OC(=O)CCn1c(=O)n(CCC(=O)OCCCCCCCCCCOC(=O)c2ccc3cc(C(=O)OCC(C)(C)CCC)ccc3c2)c(=O)n(CCC(=O)OCCn2c(=O)n(CCO)c(=O)n(CCC(C)(C)O)c2=O)c1=O. The van der Waals surface area contributed by atoms with E-state index in [4.69, 9.17) is 23.7 Å². The zero-order chi connectivity index (χ0) is 62.2. The average molecular weight is 1180 g/mol. The quantitative estimate of drug-likeness (QED) is 0.0323. The predicted octanol–water partition coefficient (Wildman–Crippen LogP) is 5.39. The lowest BCUT2D eigenvalue weighted by atomic mass is 9.89. The van der Waals surface area contributed by atoms with Gasteiger partial charge in [0.05, 0.1) is 75.5 Å². The number of benzene rings is 2. The molecule has 0 radical (unpaired) electrons. The molecule has 4 rings (SSSR count). The van der Waals surface area contributed by atoms with Crippen LogP contribution in [0.2, 0.25) is 0 Å². The first-order chi connectivity index (χ1) is 39.7. The number of hydrogen-bond donors (Lipinski definition) is 2. The molecule has 84 heavy (non-hydrogen) atoms. The molecule has 2 heterocycles. The molecule has 0 saturated carbocycles. The fourth-order valence-corrected chi connectivity index (χ4v) is 9.31. The molecule has 0 fully saturated rings. The molecule has 0 amide bonds. The van der Waals surface area contributed by atoms with Crippen LogP contribution in [0.4, 0.5) is 0 Å². The molecule has 0 aliphatic heterocycles. The number of rotatable bonds is 38. The molecule has 0 aliphatic carbocycles. The minimum Gasteiger partial charge on any atom is -0.466 e. The normalized spacial score (nSPS) is 11.9. The topological polar surface area (TPSA) is 304 Å². The summed E-state index contributed by atoms with van der Waals surface area (Å²) < 4.78 is 31.2. The van der Waals surface area contributed by atoms with E-state index in [1.54, 1.807) is 50.2 Å². The van der Waals surface area contributed by atoms with Gasteiger partial charge in [0.2, 0.25) is 0 Å². The van der Waals surface area contributed by atoms with Crippen molar-refractivity contribution in [2.75, 3.05) is 33.0 Å². The van der Waals surface area contributed by atoms with Crippen molar-refractivity contribution >= 4 is 40.6 Å². The highest BCUT2D eigenvalue weighted by molar-refractivity contribution is 5.99. The Hall–Kier alpha value is -7.21. The summed E-state index contributed by atoms with van der Waals surface area (Å²) in [6, 6.07) is 10.5. The standard InChI is InChI=1S/C60H88N6O18/c1-9-11-28-60(7,8)84-49(70)26-32-63-53(74)61(52(73)62(54(63)75)31-25-48(69)81-39-35-66-56(77)64(33-29-59(5,6)79)55(76)65(34-36-67)57(66)78)30-24-47(68)80-37-18-16-14-12-13-15-17-19-38-82-50(71)45-22-20-44-41-46(23-21-43(44)40-45)51(72)83-42-58(3,4)27-10-2/h20-23,40-41,67,79H,9-19,24-39,42H2,1-8H3. The van der Waals surface area contributed by atoms with Crippen molar-refractivity contribution in [1.29, 1.82) is 0 Å². The summed E-state index contributed by atoms with van der Waals surface area (Å²) in [5.41, 5.74) is -7.82. The first-order valence-corrected chi connectivity index (χ1v) is 29.4. The summed E-state index contributed by atoms with van der Waals surface area (Å²) in [5.74, 6) is -3.20. The largest absolute Gasteiger partial charge is 0.466 e. The monoisotopic (exact) mass is 1180 g/mol. The summed E-state index contributed by atoms with van der Waals surface area (Å²) >= 11 is 0. The molecule has 24 heteroatoms. The van der Waals surface area contributed by atoms with Crippen molar-refractivity contribution in [2.45, 2.75) is 215 Å². The molecule has 0 aliphatic rings. The van der Waals surface area contributed by atoms with Gasteiger partial charge in [-0.2, -0.15) is 0 Å². The molecule has 24 nitrogen and oxygen atoms in total. The molecule has 0 spiro atoms.